The van der Waals surface area contributed by atoms with Crippen LogP contribution in [0.2, 0.25) is 0 Å². The number of aromatic nitrogens is 2. The summed E-state index contributed by atoms with van der Waals surface area (Å²) in [7, 11) is 1.38. The van der Waals surface area contributed by atoms with Gasteiger partial charge in [-0.25, -0.2) is 9.37 Å². The Bertz CT molecular complexity index is 905. The van der Waals surface area contributed by atoms with Crippen molar-refractivity contribution in [1.29, 1.82) is 0 Å². The monoisotopic (exact) mass is 339 g/mol. The van der Waals surface area contributed by atoms with E-state index < -0.39 is 5.82 Å². The van der Waals surface area contributed by atoms with Crippen LogP contribution in [-0.4, -0.2) is 22.6 Å². The lowest BCUT2D eigenvalue weighted by Crippen LogP contribution is -2.14. The summed E-state index contributed by atoms with van der Waals surface area (Å²) < 4.78 is 20.7. The second-order valence-corrected chi connectivity index (χ2v) is 5.56. The zero-order valence-electron chi connectivity index (χ0n) is 14.0. The molecule has 1 heterocycles. The topological polar surface area (TPSA) is 56.1 Å². The summed E-state index contributed by atoms with van der Waals surface area (Å²) in [6, 6.07) is 11.6. The standard InChI is InChI=1S/C19H18FN3O2/c1-13-21-9-10-23(13)12-15-5-3-4-6-17(15)22-19(24)14-7-8-18(25-2)16(20)11-14/h3-11H,12H2,1-2H3,(H,22,24). The van der Waals surface area contributed by atoms with Gasteiger partial charge in [0.2, 0.25) is 0 Å². The smallest absolute Gasteiger partial charge is 0.255 e. The number of imidazole rings is 1. The summed E-state index contributed by atoms with van der Waals surface area (Å²) in [4.78, 5) is 16.6. The highest BCUT2D eigenvalue weighted by Gasteiger charge is 2.12. The van der Waals surface area contributed by atoms with E-state index >= 15 is 0 Å². The van der Waals surface area contributed by atoms with E-state index in [0.717, 1.165) is 17.5 Å². The summed E-state index contributed by atoms with van der Waals surface area (Å²) in [5, 5.41) is 2.84. The average Bonchev–Trinajstić information content (AvgIpc) is 3.01. The van der Waals surface area contributed by atoms with Gasteiger partial charge in [-0.3, -0.25) is 4.79 Å². The van der Waals surface area contributed by atoms with Crippen molar-refractivity contribution >= 4 is 11.6 Å². The number of benzene rings is 2. The molecule has 0 spiro atoms. The van der Waals surface area contributed by atoms with Crippen LogP contribution in [0.25, 0.3) is 0 Å². The van der Waals surface area contributed by atoms with E-state index in [-0.39, 0.29) is 17.2 Å². The van der Waals surface area contributed by atoms with Crippen molar-refractivity contribution in [2.75, 3.05) is 12.4 Å². The predicted molar refractivity (Wildman–Crippen MR) is 93.4 cm³/mol. The number of nitrogens with zero attached hydrogens (tertiary/aromatic N) is 2. The Morgan fingerprint density at radius 1 is 1.28 bits per heavy atom. The Kier molecular flexibility index (Phi) is 4.79. The van der Waals surface area contributed by atoms with Crippen LogP contribution in [0.3, 0.4) is 0 Å². The maximum atomic E-state index is 13.8. The minimum Gasteiger partial charge on any atom is -0.494 e. The molecule has 0 radical (unpaired) electrons. The number of amides is 1. The quantitative estimate of drug-likeness (QED) is 0.772. The molecule has 6 heteroatoms. The number of anilines is 1. The molecule has 0 aliphatic heterocycles. The molecule has 2 aromatic carbocycles. The number of ether oxygens (including phenoxy) is 1. The third kappa shape index (κ3) is 3.68. The number of halogens is 1. The molecule has 25 heavy (non-hydrogen) atoms. The molecular weight excluding hydrogens is 321 g/mol. The second kappa shape index (κ2) is 7.17. The van der Waals surface area contributed by atoms with E-state index in [1.807, 2.05) is 42.0 Å². The molecular formula is C19H18FN3O2. The molecule has 0 saturated heterocycles. The summed E-state index contributed by atoms with van der Waals surface area (Å²) in [6.07, 6.45) is 3.61. The minimum absolute atomic E-state index is 0.104. The second-order valence-electron chi connectivity index (χ2n) is 5.56. The van der Waals surface area contributed by atoms with Gasteiger partial charge in [-0.2, -0.15) is 0 Å². The van der Waals surface area contributed by atoms with Crippen molar-refractivity contribution in [2.24, 2.45) is 0 Å². The lowest BCUT2D eigenvalue weighted by Gasteiger charge is -2.13. The molecule has 0 atom stereocenters. The Balaban J connectivity index is 1.82. The molecule has 1 aromatic heterocycles. The SMILES string of the molecule is COc1ccc(C(=O)Nc2ccccc2Cn2ccnc2C)cc1F. The first-order valence-electron chi connectivity index (χ1n) is 7.79. The van der Waals surface area contributed by atoms with E-state index in [1.165, 1.54) is 19.2 Å². The first-order chi connectivity index (χ1) is 12.1. The summed E-state index contributed by atoms with van der Waals surface area (Å²) in [6.45, 7) is 2.50. The fraction of sp³-hybridized carbons (Fsp3) is 0.158. The number of aryl methyl sites for hydroxylation is 1. The molecule has 5 nitrogen and oxygen atoms in total. The molecule has 128 valence electrons. The van der Waals surface area contributed by atoms with Gasteiger partial charge in [0.15, 0.2) is 11.6 Å². The highest BCUT2D eigenvalue weighted by Crippen LogP contribution is 2.21. The van der Waals surface area contributed by atoms with Gasteiger partial charge in [-0.05, 0) is 36.8 Å². The van der Waals surface area contributed by atoms with Gasteiger partial charge in [0.05, 0.1) is 13.7 Å². The van der Waals surface area contributed by atoms with Gasteiger partial charge in [0.1, 0.15) is 5.82 Å². The molecule has 1 N–H and O–H groups in total. The van der Waals surface area contributed by atoms with Crippen molar-refractivity contribution < 1.29 is 13.9 Å². The number of nitrogens with one attached hydrogen (secondary N) is 1. The van der Waals surface area contributed by atoms with E-state index in [2.05, 4.69) is 10.3 Å². The fourth-order valence-corrected chi connectivity index (χ4v) is 2.54. The number of para-hydroxylation sites is 1. The van der Waals surface area contributed by atoms with Crippen LogP contribution >= 0.6 is 0 Å². The van der Waals surface area contributed by atoms with E-state index in [1.54, 1.807) is 6.20 Å². The van der Waals surface area contributed by atoms with Crippen LogP contribution < -0.4 is 10.1 Å². The van der Waals surface area contributed by atoms with Crippen LogP contribution in [0.1, 0.15) is 21.7 Å². The molecule has 3 rings (SSSR count). The van der Waals surface area contributed by atoms with Gasteiger partial charge in [-0.1, -0.05) is 18.2 Å². The van der Waals surface area contributed by atoms with Crippen LogP contribution in [0.4, 0.5) is 10.1 Å². The first-order valence-corrected chi connectivity index (χ1v) is 7.79. The Morgan fingerprint density at radius 3 is 2.76 bits per heavy atom. The molecule has 0 bridgehead atoms. The van der Waals surface area contributed by atoms with Gasteiger partial charge < -0.3 is 14.6 Å². The Morgan fingerprint density at radius 2 is 2.08 bits per heavy atom. The maximum absolute atomic E-state index is 13.8. The van der Waals surface area contributed by atoms with Crippen molar-refractivity contribution in [2.45, 2.75) is 13.5 Å². The number of rotatable bonds is 5. The third-order valence-corrected chi connectivity index (χ3v) is 3.94. The summed E-state index contributed by atoms with van der Waals surface area (Å²) in [5.41, 5.74) is 1.84. The highest BCUT2D eigenvalue weighted by atomic mass is 19.1. The lowest BCUT2D eigenvalue weighted by molar-refractivity contribution is 0.102. The molecule has 3 aromatic rings. The molecule has 0 aliphatic rings. The number of hydrogen-bond acceptors (Lipinski definition) is 3. The number of carbonyl (C=O) groups is 1. The summed E-state index contributed by atoms with van der Waals surface area (Å²) >= 11 is 0. The third-order valence-electron chi connectivity index (χ3n) is 3.94. The van der Waals surface area contributed by atoms with E-state index in [9.17, 15) is 9.18 Å². The number of carbonyl (C=O) groups excluding carboxylic acids is 1. The molecule has 0 unspecified atom stereocenters. The molecule has 0 fully saturated rings. The Labute approximate surface area is 145 Å². The highest BCUT2D eigenvalue weighted by molar-refractivity contribution is 6.04. The lowest BCUT2D eigenvalue weighted by atomic mass is 10.1. The maximum Gasteiger partial charge on any atom is 0.255 e. The van der Waals surface area contributed by atoms with Crippen molar-refractivity contribution in [3.63, 3.8) is 0 Å². The molecule has 0 aliphatic carbocycles. The zero-order valence-corrected chi connectivity index (χ0v) is 14.0. The largest absolute Gasteiger partial charge is 0.494 e. The van der Waals surface area contributed by atoms with Gasteiger partial charge in [0, 0.05) is 23.6 Å². The molecule has 0 saturated carbocycles. The fourth-order valence-electron chi connectivity index (χ4n) is 2.54. The van der Waals surface area contributed by atoms with Crippen molar-refractivity contribution in [3.05, 3.63) is 77.6 Å². The van der Waals surface area contributed by atoms with Gasteiger partial charge in [0.25, 0.3) is 5.91 Å². The zero-order chi connectivity index (χ0) is 17.8. The van der Waals surface area contributed by atoms with Crippen molar-refractivity contribution in [3.8, 4) is 5.75 Å². The minimum atomic E-state index is -0.572. The Hall–Kier alpha value is -3.15. The van der Waals surface area contributed by atoms with Crippen LogP contribution in [0.15, 0.2) is 54.9 Å². The normalized spacial score (nSPS) is 10.5. The van der Waals surface area contributed by atoms with Crippen LogP contribution in [-0.2, 0) is 6.54 Å². The van der Waals surface area contributed by atoms with E-state index in [0.29, 0.717) is 12.2 Å². The molecule has 1 amide bonds. The number of methoxy groups -OCH3 is 1. The average molecular weight is 339 g/mol. The van der Waals surface area contributed by atoms with Crippen molar-refractivity contribution in [1.82, 2.24) is 9.55 Å². The van der Waals surface area contributed by atoms with E-state index in [4.69, 9.17) is 4.74 Å². The first kappa shape index (κ1) is 16.7. The van der Waals surface area contributed by atoms with Gasteiger partial charge >= 0.3 is 0 Å². The summed E-state index contributed by atoms with van der Waals surface area (Å²) in [5.74, 6) is 0.0414. The van der Waals surface area contributed by atoms with Crippen LogP contribution in [0.5, 0.6) is 5.75 Å². The van der Waals surface area contributed by atoms with Crippen LogP contribution in [0, 0.1) is 12.7 Å². The van der Waals surface area contributed by atoms with Gasteiger partial charge in [-0.15, -0.1) is 0 Å². The number of hydrogen-bond donors (Lipinski definition) is 1. The predicted octanol–water partition coefficient (Wildman–Crippen LogP) is 3.64.